The van der Waals surface area contributed by atoms with E-state index in [1.807, 2.05) is 0 Å². The van der Waals surface area contributed by atoms with Gasteiger partial charge in [0.15, 0.2) is 0 Å². The van der Waals surface area contributed by atoms with Gasteiger partial charge in [-0.2, -0.15) is 12.6 Å². The summed E-state index contributed by atoms with van der Waals surface area (Å²) in [5.74, 6) is 0.924. The van der Waals surface area contributed by atoms with Crippen molar-refractivity contribution in [3.05, 3.63) is 52.6 Å². The fraction of sp³-hybridized carbons (Fsp3) is 0.520. The van der Waals surface area contributed by atoms with Crippen LogP contribution < -0.4 is 0 Å². The van der Waals surface area contributed by atoms with Gasteiger partial charge in [0, 0.05) is 16.9 Å². The van der Waals surface area contributed by atoms with Crippen molar-refractivity contribution in [1.29, 1.82) is 0 Å². The van der Waals surface area contributed by atoms with E-state index in [0.29, 0.717) is 11.5 Å². The van der Waals surface area contributed by atoms with Crippen LogP contribution in [0.3, 0.4) is 0 Å². The van der Waals surface area contributed by atoms with E-state index in [1.54, 1.807) is 0 Å². The second-order valence-corrected chi connectivity index (χ2v) is 9.00. The van der Waals surface area contributed by atoms with Crippen LogP contribution in [-0.2, 0) is 24.0 Å². The normalized spacial score (nSPS) is 11.8. The third-order valence-electron chi connectivity index (χ3n) is 5.23. The van der Waals surface area contributed by atoms with E-state index in [9.17, 15) is 5.11 Å². The van der Waals surface area contributed by atoms with Gasteiger partial charge in [-0.3, -0.25) is 0 Å². The predicted octanol–water partition coefficient (Wildman–Crippen LogP) is 7.47. The van der Waals surface area contributed by atoms with E-state index in [1.165, 1.54) is 42.4 Å². The number of aromatic hydroxyl groups is 1. The molecule has 2 rings (SSSR count). The fourth-order valence-electron chi connectivity index (χ4n) is 3.44. The maximum absolute atomic E-state index is 10.9. The Morgan fingerprint density at radius 2 is 1.41 bits per heavy atom. The molecule has 0 aliphatic heterocycles. The van der Waals surface area contributed by atoms with Crippen LogP contribution in [0.4, 0.5) is 0 Å². The molecular weight excluding hydrogens is 348 g/mol. The molecule has 148 valence electrons. The molecule has 2 heteroatoms. The maximum Gasteiger partial charge on any atom is 0.127 e. The number of thiol groups is 1. The number of phenolic OH excluding ortho intramolecular Hbond substituents is 1. The van der Waals surface area contributed by atoms with Gasteiger partial charge >= 0.3 is 0 Å². The van der Waals surface area contributed by atoms with Crippen LogP contribution in [0.5, 0.6) is 5.75 Å². The summed E-state index contributed by atoms with van der Waals surface area (Å²) in [5, 5.41) is 10.9. The van der Waals surface area contributed by atoms with E-state index in [4.69, 9.17) is 0 Å². The van der Waals surface area contributed by atoms with Crippen LogP contribution in [0.25, 0.3) is 11.1 Å². The second-order valence-electron chi connectivity index (χ2n) is 8.68. The van der Waals surface area contributed by atoms with Crippen molar-refractivity contribution in [2.24, 2.45) is 0 Å². The number of unbranched alkanes of at least 4 members (excludes halogenated alkanes) is 2. The van der Waals surface area contributed by atoms with Gasteiger partial charge in [-0.25, -0.2) is 0 Å². The van der Waals surface area contributed by atoms with E-state index >= 15 is 0 Å². The Labute approximate surface area is 171 Å². The first-order chi connectivity index (χ1) is 12.8. The molecule has 2 aromatic rings. The average Bonchev–Trinajstić information content (AvgIpc) is 2.63. The van der Waals surface area contributed by atoms with Crippen molar-refractivity contribution in [2.45, 2.75) is 84.3 Å². The molecule has 1 nitrogen and oxygen atoms in total. The van der Waals surface area contributed by atoms with E-state index in [-0.39, 0.29) is 5.41 Å². The van der Waals surface area contributed by atoms with Gasteiger partial charge < -0.3 is 5.11 Å². The molecule has 0 bridgehead atoms. The average molecular weight is 385 g/mol. The minimum Gasteiger partial charge on any atom is -0.507 e. The summed E-state index contributed by atoms with van der Waals surface area (Å²) in [5.41, 5.74) is 7.04. The lowest BCUT2D eigenvalue weighted by atomic mass is 9.83. The first kappa shape index (κ1) is 21.9. The van der Waals surface area contributed by atoms with Crippen molar-refractivity contribution in [3.63, 3.8) is 0 Å². The Hall–Kier alpha value is -1.41. The highest BCUT2D eigenvalue weighted by atomic mass is 32.1. The number of rotatable bonds is 8. The SMILES string of the molecule is CCCCc1cc(CCCC)cc(-c2cc(C(C)(C)C)cc(CS)c2O)c1. The van der Waals surface area contributed by atoms with Gasteiger partial charge in [0.1, 0.15) is 5.75 Å². The highest BCUT2D eigenvalue weighted by Crippen LogP contribution is 2.38. The summed E-state index contributed by atoms with van der Waals surface area (Å²) in [7, 11) is 0. The van der Waals surface area contributed by atoms with Crippen LogP contribution in [0, 0.1) is 0 Å². The summed E-state index contributed by atoms with van der Waals surface area (Å²) in [4.78, 5) is 0. The van der Waals surface area contributed by atoms with Crippen molar-refractivity contribution in [2.75, 3.05) is 0 Å². The third kappa shape index (κ3) is 5.78. The minimum absolute atomic E-state index is 0.0327. The minimum atomic E-state index is 0.0327. The number of phenols is 1. The number of aryl methyl sites for hydroxylation is 2. The van der Waals surface area contributed by atoms with Crippen molar-refractivity contribution < 1.29 is 5.11 Å². The Morgan fingerprint density at radius 3 is 1.85 bits per heavy atom. The Bertz CT molecular complexity index is 729. The highest BCUT2D eigenvalue weighted by Gasteiger charge is 2.19. The van der Waals surface area contributed by atoms with Gasteiger partial charge in [0.25, 0.3) is 0 Å². The molecule has 0 saturated heterocycles. The molecule has 0 aliphatic carbocycles. The number of hydrogen-bond donors (Lipinski definition) is 2. The van der Waals surface area contributed by atoms with Gasteiger partial charge in [-0.1, -0.05) is 71.7 Å². The van der Waals surface area contributed by atoms with Crippen LogP contribution >= 0.6 is 12.6 Å². The molecular formula is C25H36OS. The fourth-order valence-corrected chi connectivity index (χ4v) is 3.68. The summed E-state index contributed by atoms with van der Waals surface area (Å²) in [6.07, 6.45) is 7.00. The Balaban J connectivity index is 2.60. The zero-order valence-corrected chi connectivity index (χ0v) is 18.6. The highest BCUT2D eigenvalue weighted by molar-refractivity contribution is 7.79. The molecule has 0 radical (unpaired) electrons. The molecule has 0 spiro atoms. The molecule has 0 amide bonds. The number of hydrogen-bond acceptors (Lipinski definition) is 2. The monoisotopic (exact) mass is 384 g/mol. The second kappa shape index (κ2) is 9.68. The standard InChI is InChI=1S/C25H36OS/c1-6-8-10-18-12-19(11-9-7-2)14-20(13-18)23-16-22(25(3,4)5)15-21(17-27)24(23)26/h12-16,26-27H,6-11,17H2,1-5H3. The summed E-state index contributed by atoms with van der Waals surface area (Å²) >= 11 is 4.46. The predicted molar refractivity (Wildman–Crippen MR) is 122 cm³/mol. The molecule has 1 N–H and O–H groups in total. The molecule has 2 aromatic carbocycles. The van der Waals surface area contributed by atoms with Crippen LogP contribution in [-0.4, -0.2) is 5.11 Å². The largest absolute Gasteiger partial charge is 0.507 e. The number of benzene rings is 2. The summed E-state index contributed by atoms with van der Waals surface area (Å²) in [6.45, 7) is 11.1. The maximum atomic E-state index is 10.9. The van der Waals surface area contributed by atoms with E-state index < -0.39 is 0 Å². The van der Waals surface area contributed by atoms with Crippen molar-refractivity contribution in [3.8, 4) is 16.9 Å². The third-order valence-corrected chi connectivity index (χ3v) is 5.57. The molecule has 0 saturated carbocycles. The van der Waals surface area contributed by atoms with E-state index in [0.717, 1.165) is 29.5 Å². The molecule has 0 aromatic heterocycles. The summed E-state index contributed by atoms with van der Waals surface area (Å²) < 4.78 is 0. The van der Waals surface area contributed by atoms with Gasteiger partial charge in [0.2, 0.25) is 0 Å². The topological polar surface area (TPSA) is 20.2 Å². The first-order valence-corrected chi connectivity index (χ1v) is 11.0. The summed E-state index contributed by atoms with van der Waals surface area (Å²) in [6, 6.07) is 11.2. The Kier molecular flexibility index (Phi) is 7.85. The lowest BCUT2D eigenvalue weighted by Gasteiger charge is -2.23. The van der Waals surface area contributed by atoms with Gasteiger partial charge in [0.05, 0.1) is 0 Å². The molecule has 27 heavy (non-hydrogen) atoms. The first-order valence-electron chi connectivity index (χ1n) is 10.4. The molecule has 0 unspecified atom stereocenters. The molecule has 0 atom stereocenters. The lowest BCUT2D eigenvalue weighted by molar-refractivity contribution is 0.471. The molecule has 0 fully saturated rings. The van der Waals surface area contributed by atoms with Crippen LogP contribution in [0.15, 0.2) is 30.3 Å². The van der Waals surface area contributed by atoms with Crippen LogP contribution in [0.1, 0.15) is 82.6 Å². The van der Waals surface area contributed by atoms with Crippen molar-refractivity contribution >= 4 is 12.6 Å². The molecule has 0 aliphatic rings. The van der Waals surface area contributed by atoms with Gasteiger partial charge in [-0.05, 0) is 59.4 Å². The molecule has 0 heterocycles. The van der Waals surface area contributed by atoms with Crippen molar-refractivity contribution in [1.82, 2.24) is 0 Å². The van der Waals surface area contributed by atoms with E-state index in [2.05, 4.69) is 77.6 Å². The lowest BCUT2D eigenvalue weighted by Crippen LogP contribution is -2.11. The zero-order valence-electron chi connectivity index (χ0n) is 17.7. The smallest absolute Gasteiger partial charge is 0.127 e. The Morgan fingerprint density at radius 1 is 0.852 bits per heavy atom. The van der Waals surface area contributed by atoms with Gasteiger partial charge in [-0.15, -0.1) is 0 Å². The van der Waals surface area contributed by atoms with Crippen LogP contribution in [0.2, 0.25) is 0 Å². The quantitative estimate of drug-likeness (QED) is 0.452. The zero-order chi connectivity index (χ0) is 20.0.